The van der Waals surface area contributed by atoms with Gasteiger partial charge in [0.05, 0.1) is 6.61 Å². The van der Waals surface area contributed by atoms with E-state index in [4.69, 9.17) is 4.55 Å². The monoisotopic (exact) mass is 336 g/mol. The Morgan fingerprint density at radius 1 is 1.23 bits per heavy atom. The molecule has 4 aliphatic carbocycles. The second-order valence-electron chi connectivity index (χ2n) is 7.54. The molecule has 1 spiro atoms. The van der Waals surface area contributed by atoms with Gasteiger partial charge in [-0.2, -0.15) is 17.2 Å². The molecule has 8 heteroatoms. The van der Waals surface area contributed by atoms with Crippen molar-refractivity contribution in [3.8, 4) is 0 Å². The van der Waals surface area contributed by atoms with Gasteiger partial charge in [0.2, 0.25) is 0 Å². The van der Waals surface area contributed by atoms with E-state index in [9.17, 15) is 22.0 Å². The maximum absolute atomic E-state index is 13.1. The van der Waals surface area contributed by atoms with E-state index in [0.29, 0.717) is 11.8 Å². The molecule has 0 radical (unpaired) electrons. The van der Waals surface area contributed by atoms with Crippen LogP contribution < -0.4 is 0 Å². The van der Waals surface area contributed by atoms with E-state index in [1.54, 1.807) is 0 Å². The van der Waals surface area contributed by atoms with Gasteiger partial charge in [0, 0.05) is 0 Å². The van der Waals surface area contributed by atoms with Crippen LogP contribution in [0, 0.1) is 28.6 Å². The molecule has 1 N–H and O–H groups in total. The number of hydrogen-bond donors (Lipinski definition) is 1. The average Bonchev–Trinajstić information content (AvgIpc) is 2.89. The standard InChI is InChI=1S/C14H18F2O5S/c15-14(16,22(18,19)20)11(17)21-2-1-12-6-9-3-8-4-10(7-12)13(9,12)5-8/h8-10H,1-7H2,(H,18,19,20). The minimum Gasteiger partial charge on any atom is -0.460 e. The number of rotatable bonds is 5. The van der Waals surface area contributed by atoms with Crippen molar-refractivity contribution < 1.29 is 31.3 Å². The molecule has 5 nitrogen and oxygen atoms in total. The third-order valence-corrected chi connectivity index (χ3v) is 7.77. The van der Waals surface area contributed by atoms with Gasteiger partial charge in [0.1, 0.15) is 0 Å². The Kier molecular flexibility index (Phi) is 2.70. The summed E-state index contributed by atoms with van der Waals surface area (Å²) in [5, 5.41) is -4.89. The van der Waals surface area contributed by atoms with E-state index < -0.39 is 21.3 Å². The van der Waals surface area contributed by atoms with Gasteiger partial charge in [-0.1, -0.05) is 0 Å². The SMILES string of the molecule is O=C(OCCC12CC3CC4CC(C1)C32C4)C(F)(F)S(=O)(=O)O. The molecule has 4 aliphatic rings. The highest BCUT2D eigenvalue weighted by Gasteiger charge is 2.80. The van der Waals surface area contributed by atoms with E-state index in [1.165, 1.54) is 19.3 Å². The molecule has 4 saturated carbocycles. The van der Waals surface area contributed by atoms with Crippen molar-refractivity contribution in [1.82, 2.24) is 0 Å². The number of fused-ring (bicyclic) bond motifs is 1. The zero-order valence-electron chi connectivity index (χ0n) is 11.9. The van der Waals surface area contributed by atoms with Crippen molar-refractivity contribution >= 4 is 16.1 Å². The van der Waals surface area contributed by atoms with Crippen LogP contribution in [-0.2, 0) is 19.6 Å². The molecule has 4 rings (SSSR count). The van der Waals surface area contributed by atoms with Gasteiger partial charge in [0.25, 0.3) is 0 Å². The Morgan fingerprint density at radius 2 is 1.82 bits per heavy atom. The third kappa shape index (κ3) is 1.50. The Morgan fingerprint density at radius 3 is 2.32 bits per heavy atom. The summed E-state index contributed by atoms with van der Waals surface area (Å²) in [7, 11) is -5.78. The zero-order chi connectivity index (χ0) is 16.0. The highest BCUT2D eigenvalue weighted by Crippen LogP contribution is 2.87. The molecule has 2 bridgehead atoms. The van der Waals surface area contributed by atoms with Crippen LogP contribution in [0.5, 0.6) is 0 Å². The Bertz CT molecular complexity index is 628. The lowest BCUT2D eigenvalue weighted by atomic mass is 9.29. The first-order chi connectivity index (χ1) is 10.1. The summed E-state index contributed by atoms with van der Waals surface area (Å²) in [5.41, 5.74) is 0.469. The van der Waals surface area contributed by atoms with Crippen LogP contribution in [0.15, 0.2) is 0 Å². The molecule has 2 atom stereocenters. The second-order valence-corrected chi connectivity index (χ2v) is 9.00. The van der Waals surface area contributed by atoms with Gasteiger partial charge in [-0.25, -0.2) is 4.79 Å². The maximum Gasteiger partial charge on any atom is 0.465 e. The van der Waals surface area contributed by atoms with E-state index >= 15 is 0 Å². The first-order valence-electron chi connectivity index (χ1n) is 7.64. The van der Waals surface area contributed by atoms with Crippen LogP contribution >= 0.6 is 0 Å². The van der Waals surface area contributed by atoms with Crippen LogP contribution in [0.25, 0.3) is 0 Å². The van der Waals surface area contributed by atoms with Crippen LogP contribution in [0.4, 0.5) is 8.78 Å². The maximum atomic E-state index is 13.1. The molecule has 2 unspecified atom stereocenters. The lowest BCUT2D eigenvalue weighted by Gasteiger charge is -2.75. The molecule has 124 valence electrons. The first-order valence-corrected chi connectivity index (χ1v) is 9.08. The fourth-order valence-electron chi connectivity index (χ4n) is 6.36. The fourth-order valence-corrected chi connectivity index (χ4v) is 6.63. The zero-order valence-corrected chi connectivity index (χ0v) is 12.7. The summed E-state index contributed by atoms with van der Waals surface area (Å²) in [4.78, 5) is 11.2. The summed E-state index contributed by atoms with van der Waals surface area (Å²) in [6, 6.07) is 0. The number of carbonyl (C=O) groups excluding carboxylic acids is 1. The number of hydrogen-bond acceptors (Lipinski definition) is 4. The molecule has 0 aromatic rings. The topological polar surface area (TPSA) is 80.7 Å². The summed E-state index contributed by atoms with van der Waals surface area (Å²) in [6.07, 6.45) is 6.44. The van der Waals surface area contributed by atoms with Gasteiger partial charge >= 0.3 is 21.3 Å². The largest absolute Gasteiger partial charge is 0.465 e. The normalized spacial score (nSPS) is 45.0. The average molecular weight is 336 g/mol. The molecular formula is C14H18F2O5S. The minimum absolute atomic E-state index is 0.112. The van der Waals surface area contributed by atoms with E-state index in [-0.39, 0.29) is 12.0 Å². The van der Waals surface area contributed by atoms with Crippen molar-refractivity contribution in [1.29, 1.82) is 0 Å². The van der Waals surface area contributed by atoms with Crippen molar-refractivity contribution in [2.24, 2.45) is 28.6 Å². The molecule has 0 aromatic heterocycles. The van der Waals surface area contributed by atoms with Crippen LogP contribution in [0.3, 0.4) is 0 Å². The van der Waals surface area contributed by atoms with Crippen molar-refractivity contribution in [3.05, 3.63) is 0 Å². The molecule has 0 aliphatic heterocycles. The fraction of sp³-hybridized carbons (Fsp3) is 0.929. The van der Waals surface area contributed by atoms with Crippen LogP contribution in [0.2, 0.25) is 0 Å². The van der Waals surface area contributed by atoms with Crippen molar-refractivity contribution in [2.75, 3.05) is 6.61 Å². The Labute approximate surface area is 127 Å². The number of carbonyl (C=O) groups is 1. The smallest absolute Gasteiger partial charge is 0.460 e. The predicted molar refractivity (Wildman–Crippen MR) is 70.5 cm³/mol. The van der Waals surface area contributed by atoms with Gasteiger partial charge in [-0.15, -0.1) is 0 Å². The van der Waals surface area contributed by atoms with E-state index in [1.807, 2.05) is 0 Å². The summed E-state index contributed by atoms with van der Waals surface area (Å²) < 4.78 is 60.0. The molecule has 22 heavy (non-hydrogen) atoms. The number of esters is 1. The lowest BCUT2D eigenvalue weighted by Crippen LogP contribution is -2.68. The third-order valence-electron chi connectivity index (χ3n) is 6.96. The molecule has 0 amide bonds. The van der Waals surface area contributed by atoms with E-state index in [0.717, 1.165) is 30.6 Å². The summed E-state index contributed by atoms with van der Waals surface area (Å²) in [5.74, 6) is 0.122. The number of alkyl halides is 2. The van der Waals surface area contributed by atoms with Crippen LogP contribution in [-0.4, -0.2) is 30.8 Å². The van der Waals surface area contributed by atoms with E-state index in [2.05, 4.69) is 4.74 Å². The Balaban J connectivity index is 1.37. The molecule has 4 fully saturated rings. The summed E-state index contributed by atoms with van der Waals surface area (Å²) in [6.45, 7) is -0.212. The molecular weight excluding hydrogens is 318 g/mol. The van der Waals surface area contributed by atoms with Gasteiger partial charge in [-0.3, -0.25) is 4.55 Å². The molecule has 0 heterocycles. The minimum atomic E-state index is -5.78. The predicted octanol–water partition coefficient (Wildman–Crippen LogP) is 2.23. The molecule has 0 saturated heterocycles. The quantitative estimate of drug-likeness (QED) is 0.615. The van der Waals surface area contributed by atoms with Crippen molar-refractivity contribution in [3.63, 3.8) is 0 Å². The summed E-state index contributed by atoms with van der Waals surface area (Å²) >= 11 is 0. The Hall–Kier alpha value is -0.760. The van der Waals surface area contributed by atoms with Gasteiger partial charge in [0.15, 0.2) is 0 Å². The lowest BCUT2D eigenvalue weighted by molar-refractivity contribution is -0.267. The number of ether oxygens (including phenoxy) is 1. The van der Waals surface area contributed by atoms with Gasteiger partial charge < -0.3 is 4.74 Å². The van der Waals surface area contributed by atoms with Crippen LogP contribution in [0.1, 0.15) is 38.5 Å². The molecule has 0 aromatic carbocycles. The first kappa shape index (κ1) is 14.8. The van der Waals surface area contributed by atoms with Gasteiger partial charge in [-0.05, 0) is 67.1 Å². The van der Waals surface area contributed by atoms with Crippen molar-refractivity contribution in [2.45, 2.75) is 43.8 Å². The number of halogens is 2. The highest BCUT2D eigenvalue weighted by atomic mass is 32.2. The highest BCUT2D eigenvalue weighted by molar-refractivity contribution is 7.87. The second kappa shape index (κ2) is 4.01.